The van der Waals surface area contributed by atoms with Crippen molar-refractivity contribution in [1.29, 1.82) is 0 Å². The second kappa shape index (κ2) is 6.83. The molecular weight excluding hydrogens is 290 g/mol. The van der Waals surface area contributed by atoms with Crippen molar-refractivity contribution in [2.75, 3.05) is 13.2 Å². The summed E-state index contributed by atoms with van der Waals surface area (Å²) in [5, 5.41) is 9.25. The molecule has 2 aromatic heterocycles. The van der Waals surface area contributed by atoms with Gasteiger partial charge in [0.05, 0.1) is 5.69 Å². The lowest BCUT2D eigenvalue weighted by Gasteiger charge is -2.18. The van der Waals surface area contributed by atoms with Gasteiger partial charge in [0.15, 0.2) is 5.82 Å². The zero-order valence-electron chi connectivity index (χ0n) is 14.7. The van der Waals surface area contributed by atoms with Gasteiger partial charge in [-0.05, 0) is 45.6 Å². The highest BCUT2D eigenvalue weighted by atomic mass is 16.5. The maximum absolute atomic E-state index is 5.45. The van der Waals surface area contributed by atoms with Crippen LogP contribution in [-0.2, 0) is 31.2 Å². The van der Waals surface area contributed by atoms with Gasteiger partial charge in [-0.1, -0.05) is 0 Å². The van der Waals surface area contributed by atoms with Crippen LogP contribution in [-0.4, -0.2) is 37.8 Å². The van der Waals surface area contributed by atoms with Gasteiger partial charge in [-0.3, -0.25) is 9.36 Å². The van der Waals surface area contributed by atoms with Gasteiger partial charge in [-0.15, -0.1) is 0 Å². The number of hydrogen-bond acceptors (Lipinski definition) is 4. The third-order valence-electron chi connectivity index (χ3n) is 4.91. The molecule has 6 heteroatoms. The fourth-order valence-electron chi connectivity index (χ4n) is 3.38. The van der Waals surface area contributed by atoms with Gasteiger partial charge in [0.25, 0.3) is 0 Å². The van der Waals surface area contributed by atoms with E-state index in [1.165, 1.54) is 11.3 Å². The van der Waals surface area contributed by atoms with Crippen molar-refractivity contribution in [2.24, 2.45) is 7.05 Å². The second-order valence-corrected chi connectivity index (χ2v) is 6.36. The molecule has 0 radical (unpaired) electrons. The summed E-state index contributed by atoms with van der Waals surface area (Å²) in [4.78, 5) is 4.85. The summed E-state index contributed by atoms with van der Waals surface area (Å²) in [5.41, 5.74) is 3.71. The number of hydrogen-bond donors (Lipinski definition) is 0. The molecule has 6 nitrogen and oxygen atoms in total. The summed E-state index contributed by atoms with van der Waals surface area (Å²) in [5.74, 6) is 2.55. The third kappa shape index (κ3) is 3.32. The molecule has 0 N–H and O–H groups in total. The summed E-state index contributed by atoms with van der Waals surface area (Å²) in [7, 11) is 2.00. The lowest BCUT2D eigenvalue weighted by atomic mass is 10.00. The summed E-state index contributed by atoms with van der Waals surface area (Å²) in [6.07, 6.45) is 3.96. The molecule has 126 valence electrons. The Kier molecular flexibility index (Phi) is 4.80. The summed E-state index contributed by atoms with van der Waals surface area (Å²) in [6, 6.07) is 0. The summed E-state index contributed by atoms with van der Waals surface area (Å²) >= 11 is 0. The van der Waals surface area contributed by atoms with E-state index in [4.69, 9.17) is 14.8 Å². The molecule has 1 aliphatic rings. The van der Waals surface area contributed by atoms with Crippen molar-refractivity contribution in [1.82, 2.24) is 24.5 Å². The molecule has 0 atom stereocenters. The van der Waals surface area contributed by atoms with Gasteiger partial charge >= 0.3 is 0 Å². The maximum atomic E-state index is 5.45. The van der Waals surface area contributed by atoms with Crippen molar-refractivity contribution in [3.05, 3.63) is 28.6 Å². The predicted octanol–water partition coefficient (Wildman–Crippen LogP) is 2.33. The van der Waals surface area contributed by atoms with Crippen molar-refractivity contribution in [2.45, 2.75) is 58.9 Å². The van der Waals surface area contributed by atoms with Crippen molar-refractivity contribution in [3.8, 4) is 0 Å². The molecule has 1 saturated heterocycles. The fourth-order valence-corrected chi connectivity index (χ4v) is 3.38. The highest BCUT2D eigenvalue weighted by Gasteiger charge is 2.22. The molecule has 0 aromatic carbocycles. The van der Waals surface area contributed by atoms with E-state index < -0.39 is 0 Å². The van der Waals surface area contributed by atoms with Crippen LogP contribution in [0.15, 0.2) is 0 Å². The Morgan fingerprint density at radius 1 is 1.13 bits per heavy atom. The highest BCUT2D eigenvalue weighted by molar-refractivity contribution is 5.25. The van der Waals surface area contributed by atoms with E-state index >= 15 is 0 Å². The van der Waals surface area contributed by atoms with Gasteiger partial charge in [-0.2, -0.15) is 10.2 Å². The molecule has 3 heterocycles. The molecule has 0 amide bonds. The van der Waals surface area contributed by atoms with Gasteiger partial charge in [0.2, 0.25) is 0 Å². The fraction of sp³-hybridized carbons (Fsp3) is 0.706. The van der Waals surface area contributed by atoms with Crippen LogP contribution in [0, 0.1) is 13.8 Å². The number of nitrogens with zero attached hydrogens (tertiary/aromatic N) is 5. The molecule has 23 heavy (non-hydrogen) atoms. The van der Waals surface area contributed by atoms with E-state index in [-0.39, 0.29) is 0 Å². The van der Waals surface area contributed by atoms with E-state index in [2.05, 4.69) is 30.6 Å². The first-order chi connectivity index (χ1) is 11.1. The van der Waals surface area contributed by atoms with Gasteiger partial charge in [0, 0.05) is 44.8 Å². The smallest absolute Gasteiger partial charge is 0.154 e. The average molecular weight is 317 g/mol. The quantitative estimate of drug-likeness (QED) is 0.849. The Labute approximate surface area is 137 Å². The number of aryl methyl sites for hydroxylation is 4. The monoisotopic (exact) mass is 317 g/mol. The Morgan fingerprint density at radius 3 is 2.48 bits per heavy atom. The van der Waals surface area contributed by atoms with Crippen LogP contribution in [0.1, 0.15) is 54.3 Å². The van der Waals surface area contributed by atoms with E-state index in [0.717, 1.165) is 62.8 Å². The van der Waals surface area contributed by atoms with Crippen LogP contribution in [0.3, 0.4) is 0 Å². The lowest BCUT2D eigenvalue weighted by Crippen LogP contribution is -2.15. The first-order valence-corrected chi connectivity index (χ1v) is 8.60. The zero-order chi connectivity index (χ0) is 16.4. The first kappa shape index (κ1) is 16.2. The van der Waals surface area contributed by atoms with Crippen LogP contribution in [0.2, 0.25) is 0 Å². The average Bonchev–Trinajstić information content (AvgIpc) is 3.08. The maximum Gasteiger partial charge on any atom is 0.154 e. The third-order valence-corrected chi connectivity index (χ3v) is 4.91. The second-order valence-electron chi connectivity index (χ2n) is 6.36. The molecular formula is C17H27N5O. The van der Waals surface area contributed by atoms with Crippen molar-refractivity contribution >= 4 is 0 Å². The molecule has 0 bridgehead atoms. The van der Waals surface area contributed by atoms with Crippen LogP contribution < -0.4 is 0 Å². The van der Waals surface area contributed by atoms with Gasteiger partial charge in [0.1, 0.15) is 5.82 Å². The highest BCUT2D eigenvalue weighted by Crippen LogP contribution is 2.25. The van der Waals surface area contributed by atoms with Gasteiger partial charge < -0.3 is 4.74 Å². The van der Waals surface area contributed by atoms with E-state index in [1.807, 2.05) is 11.7 Å². The summed E-state index contributed by atoms with van der Waals surface area (Å²) < 4.78 is 9.47. The Morgan fingerprint density at radius 2 is 1.87 bits per heavy atom. The number of ether oxygens (including phenoxy) is 1. The molecule has 1 aliphatic heterocycles. The van der Waals surface area contributed by atoms with Gasteiger partial charge in [-0.25, -0.2) is 4.98 Å². The van der Waals surface area contributed by atoms with Crippen LogP contribution in [0.25, 0.3) is 0 Å². The predicted molar refractivity (Wildman–Crippen MR) is 88.6 cm³/mol. The van der Waals surface area contributed by atoms with Crippen LogP contribution >= 0.6 is 0 Å². The number of aromatic nitrogens is 5. The normalized spacial score (nSPS) is 16.2. The largest absolute Gasteiger partial charge is 0.381 e. The number of rotatable bonds is 5. The minimum absolute atomic E-state index is 0.456. The van der Waals surface area contributed by atoms with Crippen LogP contribution in [0.4, 0.5) is 0 Å². The minimum Gasteiger partial charge on any atom is -0.381 e. The van der Waals surface area contributed by atoms with Crippen LogP contribution in [0.5, 0.6) is 0 Å². The molecule has 0 spiro atoms. The molecule has 1 fully saturated rings. The minimum atomic E-state index is 0.456. The van der Waals surface area contributed by atoms with E-state index in [9.17, 15) is 0 Å². The Balaban J connectivity index is 1.75. The Bertz CT molecular complexity index is 667. The van der Waals surface area contributed by atoms with Crippen molar-refractivity contribution < 1.29 is 4.74 Å². The first-order valence-electron chi connectivity index (χ1n) is 8.60. The zero-order valence-corrected chi connectivity index (χ0v) is 14.7. The Hall–Kier alpha value is -1.69. The SMILES string of the molecule is CCn1nc(C2CCOCC2)nc1CCc1c(C)nn(C)c1C. The topological polar surface area (TPSA) is 57.8 Å². The van der Waals surface area contributed by atoms with E-state index in [0.29, 0.717) is 5.92 Å². The molecule has 0 saturated carbocycles. The van der Waals surface area contributed by atoms with Crippen molar-refractivity contribution in [3.63, 3.8) is 0 Å². The molecule has 3 rings (SSSR count). The summed E-state index contributed by atoms with van der Waals surface area (Å²) in [6.45, 7) is 8.88. The molecule has 2 aromatic rings. The molecule has 0 aliphatic carbocycles. The standard InChI is InChI=1S/C17H27N5O/c1-5-22-16(7-6-15-12(2)19-21(4)13(15)3)18-17(20-22)14-8-10-23-11-9-14/h14H,5-11H2,1-4H3. The van der Waals surface area contributed by atoms with E-state index in [1.54, 1.807) is 0 Å². The lowest BCUT2D eigenvalue weighted by molar-refractivity contribution is 0.0835. The molecule has 0 unspecified atom stereocenters.